The molecule has 0 amide bonds. The molecule has 0 saturated heterocycles. The number of nitrogens with two attached hydrogens (primary N) is 1. The first-order valence-corrected chi connectivity index (χ1v) is 6.33. The highest BCUT2D eigenvalue weighted by Crippen LogP contribution is 2.30. The first kappa shape index (κ1) is 14.2. The van der Waals surface area contributed by atoms with E-state index in [1.807, 2.05) is 18.2 Å². The van der Waals surface area contributed by atoms with Gasteiger partial charge in [-0.15, -0.1) is 0 Å². The van der Waals surface area contributed by atoms with Crippen molar-refractivity contribution in [2.45, 2.75) is 51.2 Å². The third-order valence-corrected chi connectivity index (χ3v) is 3.71. The molecule has 96 valence electrons. The maximum absolute atomic E-state index is 6.52. The van der Waals surface area contributed by atoms with E-state index >= 15 is 0 Å². The van der Waals surface area contributed by atoms with E-state index in [4.69, 9.17) is 10.5 Å². The lowest BCUT2D eigenvalue weighted by atomic mass is 9.81. The molecule has 0 saturated carbocycles. The summed E-state index contributed by atoms with van der Waals surface area (Å²) in [6.45, 7) is 6.36. The Balaban J connectivity index is 2.77. The Morgan fingerprint density at radius 1 is 1.12 bits per heavy atom. The quantitative estimate of drug-likeness (QED) is 0.819. The van der Waals surface area contributed by atoms with Crippen molar-refractivity contribution in [1.82, 2.24) is 0 Å². The van der Waals surface area contributed by atoms with Gasteiger partial charge in [0.15, 0.2) is 0 Å². The van der Waals surface area contributed by atoms with Crippen molar-refractivity contribution in [2.24, 2.45) is 5.73 Å². The second-order valence-electron chi connectivity index (χ2n) is 5.34. The Labute approximate surface area is 105 Å². The van der Waals surface area contributed by atoms with Crippen molar-refractivity contribution in [1.29, 1.82) is 0 Å². The van der Waals surface area contributed by atoms with Crippen LogP contribution in [0, 0.1) is 0 Å². The normalized spacial score (nSPS) is 15.6. The van der Waals surface area contributed by atoms with Crippen LogP contribution in [0.25, 0.3) is 0 Å². The van der Waals surface area contributed by atoms with Crippen LogP contribution < -0.4 is 5.73 Å². The summed E-state index contributed by atoms with van der Waals surface area (Å²) in [5.41, 5.74) is 7.40. The van der Waals surface area contributed by atoms with Crippen LogP contribution in [0.1, 0.15) is 45.6 Å². The van der Waals surface area contributed by atoms with Crippen LogP contribution in [0.2, 0.25) is 0 Å². The molecule has 1 rings (SSSR count). The van der Waals surface area contributed by atoms with E-state index in [1.54, 1.807) is 7.11 Å². The topological polar surface area (TPSA) is 35.2 Å². The smallest absolute Gasteiger partial charge is 0.0623 e. The Kier molecular flexibility index (Phi) is 4.72. The molecule has 1 unspecified atom stereocenters. The summed E-state index contributed by atoms with van der Waals surface area (Å²) < 4.78 is 5.46. The van der Waals surface area contributed by atoms with Gasteiger partial charge in [0.05, 0.1) is 5.60 Å². The van der Waals surface area contributed by atoms with Crippen molar-refractivity contribution in [3.8, 4) is 0 Å². The molecule has 2 heteroatoms. The molecule has 17 heavy (non-hydrogen) atoms. The Morgan fingerprint density at radius 3 is 2.18 bits per heavy atom. The molecule has 0 radical (unpaired) electrons. The average molecular weight is 235 g/mol. The van der Waals surface area contributed by atoms with E-state index in [1.165, 1.54) is 5.56 Å². The van der Waals surface area contributed by atoms with Crippen molar-refractivity contribution >= 4 is 0 Å². The summed E-state index contributed by atoms with van der Waals surface area (Å²) in [5.74, 6) is 0. The molecule has 0 heterocycles. The minimum absolute atomic E-state index is 0.103. The van der Waals surface area contributed by atoms with Gasteiger partial charge in [0.25, 0.3) is 0 Å². The molecule has 0 aliphatic rings. The van der Waals surface area contributed by atoms with Gasteiger partial charge in [-0.2, -0.15) is 0 Å². The van der Waals surface area contributed by atoms with Gasteiger partial charge in [0.2, 0.25) is 0 Å². The second-order valence-corrected chi connectivity index (χ2v) is 5.34. The van der Waals surface area contributed by atoms with Crippen LogP contribution >= 0.6 is 0 Å². The standard InChI is InChI=1S/C15H25NO/c1-5-15(16,12-11-14(2,3)17-4)13-9-7-6-8-10-13/h6-10H,5,11-12,16H2,1-4H3. The third kappa shape index (κ3) is 3.83. The highest BCUT2D eigenvalue weighted by atomic mass is 16.5. The maximum Gasteiger partial charge on any atom is 0.0623 e. The third-order valence-electron chi connectivity index (χ3n) is 3.71. The summed E-state index contributed by atoms with van der Waals surface area (Å²) in [6, 6.07) is 10.4. The highest BCUT2D eigenvalue weighted by molar-refractivity contribution is 5.23. The zero-order valence-electron chi connectivity index (χ0n) is 11.5. The van der Waals surface area contributed by atoms with Crippen molar-refractivity contribution in [3.05, 3.63) is 35.9 Å². The Morgan fingerprint density at radius 2 is 1.71 bits per heavy atom. The van der Waals surface area contributed by atoms with Gasteiger partial charge in [-0.1, -0.05) is 37.3 Å². The van der Waals surface area contributed by atoms with Crippen molar-refractivity contribution < 1.29 is 4.74 Å². The molecule has 0 spiro atoms. The van der Waals surface area contributed by atoms with E-state index in [0.29, 0.717) is 0 Å². The lowest BCUT2D eigenvalue weighted by Gasteiger charge is -2.33. The number of benzene rings is 1. The predicted octanol–water partition coefficient (Wildman–Crippen LogP) is 3.46. The zero-order chi connectivity index (χ0) is 12.9. The largest absolute Gasteiger partial charge is 0.379 e. The Bertz CT molecular complexity index is 334. The fourth-order valence-corrected chi connectivity index (χ4v) is 1.92. The van der Waals surface area contributed by atoms with Gasteiger partial charge in [0.1, 0.15) is 0 Å². The minimum atomic E-state index is -0.239. The van der Waals surface area contributed by atoms with E-state index in [2.05, 4.69) is 32.9 Å². The minimum Gasteiger partial charge on any atom is -0.379 e. The van der Waals surface area contributed by atoms with Crippen LogP contribution in [0.3, 0.4) is 0 Å². The van der Waals surface area contributed by atoms with Gasteiger partial charge in [-0.3, -0.25) is 0 Å². The molecule has 2 N–H and O–H groups in total. The Hall–Kier alpha value is -0.860. The molecule has 0 aliphatic heterocycles. The average Bonchev–Trinajstić information content (AvgIpc) is 2.37. The molecule has 1 aromatic carbocycles. The second kappa shape index (κ2) is 5.65. The highest BCUT2D eigenvalue weighted by Gasteiger charge is 2.28. The SMILES string of the molecule is CCC(N)(CCC(C)(C)OC)c1ccccc1. The van der Waals surface area contributed by atoms with E-state index in [9.17, 15) is 0 Å². The van der Waals surface area contributed by atoms with Crippen molar-refractivity contribution in [2.75, 3.05) is 7.11 Å². The van der Waals surface area contributed by atoms with Gasteiger partial charge in [-0.05, 0) is 38.7 Å². The number of ether oxygens (including phenoxy) is 1. The molecule has 2 nitrogen and oxygen atoms in total. The molecule has 0 fully saturated rings. The van der Waals surface area contributed by atoms with E-state index < -0.39 is 0 Å². The monoisotopic (exact) mass is 235 g/mol. The number of hydrogen-bond donors (Lipinski definition) is 1. The van der Waals surface area contributed by atoms with Crippen molar-refractivity contribution in [3.63, 3.8) is 0 Å². The number of rotatable bonds is 6. The molecule has 0 aromatic heterocycles. The first-order chi connectivity index (χ1) is 7.93. The fraction of sp³-hybridized carbons (Fsp3) is 0.600. The molecule has 0 bridgehead atoms. The molecule has 1 aromatic rings. The van der Waals surface area contributed by atoms with E-state index in [-0.39, 0.29) is 11.1 Å². The van der Waals surface area contributed by atoms with Gasteiger partial charge in [0, 0.05) is 12.6 Å². The van der Waals surface area contributed by atoms with Gasteiger partial charge in [-0.25, -0.2) is 0 Å². The maximum atomic E-state index is 6.52. The lowest BCUT2D eigenvalue weighted by molar-refractivity contribution is 0.00843. The van der Waals surface area contributed by atoms with Crippen LogP contribution in [-0.4, -0.2) is 12.7 Å². The first-order valence-electron chi connectivity index (χ1n) is 6.33. The summed E-state index contributed by atoms with van der Waals surface area (Å²) in [5, 5.41) is 0. The van der Waals surface area contributed by atoms with Gasteiger partial charge < -0.3 is 10.5 Å². The van der Waals surface area contributed by atoms with E-state index in [0.717, 1.165) is 19.3 Å². The number of hydrogen-bond acceptors (Lipinski definition) is 2. The molecule has 1 atom stereocenters. The number of methoxy groups -OCH3 is 1. The fourth-order valence-electron chi connectivity index (χ4n) is 1.92. The summed E-state index contributed by atoms with van der Waals surface area (Å²) in [6.07, 6.45) is 2.84. The molecular formula is C15H25NO. The molecular weight excluding hydrogens is 210 g/mol. The zero-order valence-corrected chi connectivity index (χ0v) is 11.5. The van der Waals surface area contributed by atoms with Gasteiger partial charge >= 0.3 is 0 Å². The van der Waals surface area contributed by atoms with Crippen LogP contribution in [0.5, 0.6) is 0 Å². The summed E-state index contributed by atoms with van der Waals surface area (Å²) in [4.78, 5) is 0. The summed E-state index contributed by atoms with van der Waals surface area (Å²) >= 11 is 0. The van der Waals surface area contributed by atoms with Crippen LogP contribution in [-0.2, 0) is 10.3 Å². The molecule has 0 aliphatic carbocycles. The predicted molar refractivity (Wildman–Crippen MR) is 72.9 cm³/mol. The van der Waals surface area contributed by atoms with Crippen LogP contribution in [0.4, 0.5) is 0 Å². The lowest BCUT2D eigenvalue weighted by Crippen LogP contribution is -2.38. The summed E-state index contributed by atoms with van der Waals surface area (Å²) in [7, 11) is 1.76. The van der Waals surface area contributed by atoms with Crippen LogP contribution in [0.15, 0.2) is 30.3 Å².